The number of hydrogen-bond donors (Lipinski definition) is 0. The number of pyridine rings is 1. The predicted octanol–water partition coefficient (Wildman–Crippen LogP) is 6.67. The van der Waals surface area contributed by atoms with Crippen LogP contribution in [0.25, 0.3) is 10.9 Å². The molecule has 0 radical (unpaired) electrons. The SMILES string of the molecule is CC(=O)c1cn(CC(C)C)c2cc(N(C)Cc3cc(C(F)(F)F)cc(C(F)(F)F)c3)c(F)cc2c1=O. The van der Waals surface area contributed by atoms with E-state index in [1.165, 1.54) is 26.2 Å². The minimum absolute atomic E-state index is 0.0251. The molecule has 0 amide bonds. The third-order valence-corrected chi connectivity index (χ3v) is 5.57. The number of anilines is 1. The molecule has 0 saturated heterocycles. The Hall–Kier alpha value is -3.37. The van der Waals surface area contributed by atoms with Gasteiger partial charge in [0.25, 0.3) is 0 Å². The molecule has 0 unspecified atom stereocenters. The molecule has 1 heterocycles. The lowest BCUT2D eigenvalue weighted by Crippen LogP contribution is -2.22. The highest BCUT2D eigenvalue weighted by Crippen LogP contribution is 2.37. The quantitative estimate of drug-likeness (QED) is 0.271. The number of nitrogens with zero attached hydrogens (tertiary/aromatic N) is 2. The molecule has 4 nitrogen and oxygen atoms in total. The minimum Gasteiger partial charge on any atom is -0.368 e. The van der Waals surface area contributed by atoms with E-state index in [1.54, 1.807) is 4.57 Å². The Morgan fingerprint density at radius 1 is 0.972 bits per heavy atom. The van der Waals surface area contributed by atoms with Crippen LogP contribution < -0.4 is 10.3 Å². The third kappa shape index (κ3) is 5.71. The second kappa shape index (κ2) is 9.59. The fraction of sp³-hybridized carbons (Fsp3) is 0.360. The summed E-state index contributed by atoms with van der Waals surface area (Å²) in [6.07, 6.45) is -8.65. The highest BCUT2D eigenvalue weighted by atomic mass is 19.4. The average Bonchev–Trinajstić information content (AvgIpc) is 2.73. The molecule has 11 heteroatoms. The molecular weight excluding hydrogens is 493 g/mol. The molecule has 0 bridgehead atoms. The molecule has 0 aliphatic rings. The van der Waals surface area contributed by atoms with Gasteiger partial charge in [-0.1, -0.05) is 13.8 Å². The molecule has 0 spiro atoms. The van der Waals surface area contributed by atoms with Crippen LogP contribution in [-0.4, -0.2) is 17.4 Å². The first-order chi connectivity index (χ1) is 16.5. The number of benzene rings is 2. The van der Waals surface area contributed by atoms with Crippen molar-refractivity contribution in [3.63, 3.8) is 0 Å². The zero-order chi connectivity index (χ0) is 27.2. The predicted molar refractivity (Wildman–Crippen MR) is 122 cm³/mol. The van der Waals surface area contributed by atoms with Crippen molar-refractivity contribution in [1.29, 1.82) is 0 Å². The van der Waals surface area contributed by atoms with E-state index in [2.05, 4.69) is 0 Å². The maximum Gasteiger partial charge on any atom is 0.416 e. The van der Waals surface area contributed by atoms with Crippen LogP contribution in [0.15, 0.2) is 41.3 Å². The largest absolute Gasteiger partial charge is 0.416 e. The topological polar surface area (TPSA) is 42.3 Å². The van der Waals surface area contributed by atoms with Crippen LogP contribution in [0.3, 0.4) is 0 Å². The van der Waals surface area contributed by atoms with Gasteiger partial charge in [0.05, 0.1) is 27.9 Å². The molecule has 194 valence electrons. The molecule has 0 N–H and O–H groups in total. The van der Waals surface area contributed by atoms with Crippen molar-refractivity contribution in [2.45, 2.75) is 46.2 Å². The van der Waals surface area contributed by atoms with E-state index in [1.807, 2.05) is 13.8 Å². The van der Waals surface area contributed by atoms with Crippen molar-refractivity contribution in [3.8, 4) is 0 Å². The smallest absolute Gasteiger partial charge is 0.368 e. The minimum atomic E-state index is -5.01. The van der Waals surface area contributed by atoms with Crippen LogP contribution in [0.4, 0.5) is 36.4 Å². The monoisotopic (exact) mass is 516 g/mol. The Kier molecular flexibility index (Phi) is 7.25. The molecule has 1 aromatic heterocycles. The number of aromatic nitrogens is 1. The summed E-state index contributed by atoms with van der Waals surface area (Å²) in [6.45, 7) is 4.88. The summed E-state index contributed by atoms with van der Waals surface area (Å²) in [4.78, 5) is 25.9. The van der Waals surface area contributed by atoms with E-state index >= 15 is 4.39 Å². The molecule has 3 aromatic rings. The number of carbonyl (C=O) groups is 1. The van der Waals surface area contributed by atoms with Crippen molar-refractivity contribution < 1.29 is 35.5 Å². The van der Waals surface area contributed by atoms with Gasteiger partial charge in [-0.2, -0.15) is 26.3 Å². The fourth-order valence-electron chi connectivity index (χ4n) is 3.96. The Balaban J connectivity index is 2.14. The van der Waals surface area contributed by atoms with Gasteiger partial charge in [0.15, 0.2) is 11.2 Å². The van der Waals surface area contributed by atoms with Gasteiger partial charge in [0, 0.05) is 31.7 Å². The lowest BCUT2D eigenvalue weighted by Gasteiger charge is -2.23. The average molecular weight is 516 g/mol. The van der Waals surface area contributed by atoms with E-state index in [4.69, 9.17) is 0 Å². The normalized spacial score (nSPS) is 12.4. The zero-order valence-corrected chi connectivity index (χ0v) is 19.8. The van der Waals surface area contributed by atoms with Gasteiger partial charge >= 0.3 is 12.4 Å². The van der Waals surface area contributed by atoms with E-state index in [9.17, 15) is 35.9 Å². The van der Waals surface area contributed by atoms with Crippen molar-refractivity contribution >= 4 is 22.4 Å². The number of alkyl halides is 6. The van der Waals surface area contributed by atoms with Crippen molar-refractivity contribution in [1.82, 2.24) is 4.57 Å². The van der Waals surface area contributed by atoms with Crippen LogP contribution in [0, 0.1) is 11.7 Å². The summed E-state index contributed by atoms with van der Waals surface area (Å²) in [5.74, 6) is -1.33. The number of ketones is 1. The molecule has 3 rings (SSSR count). The second-order valence-corrected chi connectivity index (χ2v) is 9.07. The van der Waals surface area contributed by atoms with E-state index < -0.39 is 47.1 Å². The van der Waals surface area contributed by atoms with Gasteiger partial charge in [0.1, 0.15) is 5.82 Å². The molecule has 0 saturated carbocycles. The maximum absolute atomic E-state index is 15.1. The van der Waals surface area contributed by atoms with Crippen LogP contribution in [-0.2, 0) is 25.4 Å². The molecule has 0 aliphatic heterocycles. The van der Waals surface area contributed by atoms with Crippen molar-refractivity contribution in [2.75, 3.05) is 11.9 Å². The number of fused-ring (bicyclic) bond motifs is 1. The van der Waals surface area contributed by atoms with Crippen LogP contribution in [0.5, 0.6) is 0 Å². The number of hydrogen-bond acceptors (Lipinski definition) is 3. The molecular formula is C25H23F7N2O2. The summed E-state index contributed by atoms with van der Waals surface area (Å²) in [5, 5.41) is -0.0589. The summed E-state index contributed by atoms with van der Waals surface area (Å²) in [6, 6.07) is 3.42. The molecule has 36 heavy (non-hydrogen) atoms. The summed E-state index contributed by atoms with van der Waals surface area (Å²) in [5.41, 5.74) is -3.91. The molecule has 0 atom stereocenters. The van der Waals surface area contributed by atoms with Gasteiger partial charge < -0.3 is 9.47 Å². The van der Waals surface area contributed by atoms with Gasteiger partial charge in [-0.05, 0) is 48.7 Å². The Morgan fingerprint density at radius 2 is 1.53 bits per heavy atom. The van der Waals surface area contributed by atoms with Gasteiger partial charge in [0.2, 0.25) is 0 Å². The first-order valence-electron chi connectivity index (χ1n) is 10.9. The standard InChI is InChI=1S/C25H23F7N2O2/c1-13(2)10-34-12-19(14(3)35)23(36)18-8-20(26)22(9-21(18)34)33(4)11-15-5-16(24(27,28)29)7-17(6-15)25(30,31)32/h5-9,12-13H,10-11H2,1-4H3. The lowest BCUT2D eigenvalue weighted by molar-refractivity contribution is -0.143. The summed E-state index contributed by atoms with van der Waals surface area (Å²) < 4.78 is 96.0. The summed E-state index contributed by atoms with van der Waals surface area (Å²) in [7, 11) is 1.31. The van der Waals surface area contributed by atoms with E-state index in [0.717, 1.165) is 11.0 Å². The zero-order valence-electron chi connectivity index (χ0n) is 19.8. The maximum atomic E-state index is 15.1. The highest BCUT2D eigenvalue weighted by Gasteiger charge is 2.37. The Morgan fingerprint density at radius 3 is 2.00 bits per heavy atom. The Bertz CT molecular complexity index is 1340. The van der Waals surface area contributed by atoms with E-state index in [0.29, 0.717) is 18.7 Å². The lowest BCUT2D eigenvalue weighted by atomic mass is 10.0. The van der Waals surface area contributed by atoms with Crippen LogP contribution >= 0.6 is 0 Å². The number of carbonyl (C=O) groups excluding carboxylic acids is 1. The molecule has 0 aliphatic carbocycles. The molecule has 0 fully saturated rings. The number of rotatable bonds is 6. The van der Waals surface area contributed by atoms with Crippen molar-refractivity contribution in [3.05, 3.63) is 74.8 Å². The van der Waals surface area contributed by atoms with Crippen molar-refractivity contribution in [2.24, 2.45) is 5.92 Å². The second-order valence-electron chi connectivity index (χ2n) is 9.07. The van der Waals surface area contributed by atoms with E-state index in [-0.39, 0.29) is 39.7 Å². The number of halogens is 7. The molecule has 2 aromatic carbocycles. The summed E-state index contributed by atoms with van der Waals surface area (Å²) >= 11 is 0. The first-order valence-corrected chi connectivity index (χ1v) is 10.9. The van der Waals surface area contributed by atoms with Gasteiger partial charge in [-0.15, -0.1) is 0 Å². The fourth-order valence-corrected chi connectivity index (χ4v) is 3.96. The van der Waals surface area contributed by atoms with Crippen LogP contribution in [0.2, 0.25) is 0 Å². The van der Waals surface area contributed by atoms with Crippen LogP contribution in [0.1, 0.15) is 47.8 Å². The number of Topliss-reactive ketones (excluding diaryl/α,β-unsaturated/α-hetero) is 1. The first kappa shape index (κ1) is 27.2. The van der Waals surface area contributed by atoms with Gasteiger partial charge in [-0.25, -0.2) is 4.39 Å². The Labute approximate surface area is 201 Å². The van der Waals surface area contributed by atoms with Gasteiger partial charge in [-0.3, -0.25) is 9.59 Å². The third-order valence-electron chi connectivity index (χ3n) is 5.57. The highest BCUT2D eigenvalue weighted by molar-refractivity contribution is 5.97.